The molecule has 0 saturated heterocycles. The summed E-state index contributed by atoms with van der Waals surface area (Å²) in [6.45, 7) is 0. The van der Waals surface area contributed by atoms with Crippen LogP contribution in [0.4, 0.5) is 0 Å². The second-order valence-electron chi connectivity index (χ2n) is 2.04. The molecule has 0 aliphatic heterocycles. The molecule has 1 fully saturated rings. The van der Waals surface area contributed by atoms with Gasteiger partial charge in [0, 0.05) is 27.1 Å². The standard InChI is InChI=1S/C5H11N.H3N.2H2O.Pt/c6-5-3-1-2-4-5;;;;/h5H,1-4,6H2;1H3;2*1H2;. The zero-order valence-corrected chi connectivity index (χ0v) is 8.28. The second-order valence-corrected chi connectivity index (χ2v) is 2.04. The van der Waals surface area contributed by atoms with E-state index in [-0.39, 0.29) is 38.2 Å². The molecule has 1 aliphatic rings. The van der Waals surface area contributed by atoms with Crippen molar-refractivity contribution in [1.29, 1.82) is 0 Å². The van der Waals surface area contributed by atoms with Gasteiger partial charge in [0.05, 0.1) is 0 Å². The minimum absolute atomic E-state index is 0. The van der Waals surface area contributed by atoms with Crippen LogP contribution in [0.15, 0.2) is 0 Å². The van der Waals surface area contributed by atoms with Crippen LogP contribution in [-0.2, 0) is 21.1 Å². The van der Waals surface area contributed by atoms with E-state index in [1.807, 2.05) is 0 Å². The van der Waals surface area contributed by atoms with E-state index in [1.165, 1.54) is 25.7 Å². The van der Waals surface area contributed by atoms with Crippen LogP contribution >= 0.6 is 0 Å². The summed E-state index contributed by atoms with van der Waals surface area (Å²) in [5, 5.41) is 0. The summed E-state index contributed by atoms with van der Waals surface area (Å²) in [6.07, 6.45) is 5.25. The molecule has 70 valence electrons. The Bertz CT molecular complexity index is 50.9. The van der Waals surface area contributed by atoms with E-state index < -0.39 is 0 Å². The quantitative estimate of drug-likeness (QED) is 0.614. The van der Waals surface area contributed by atoms with Gasteiger partial charge < -0.3 is 22.8 Å². The van der Waals surface area contributed by atoms with Gasteiger partial charge in [-0.1, -0.05) is 12.8 Å². The largest absolute Gasteiger partial charge is 0.412 e. The fourth-order valence-electron chi connectivity index (χ4n) is 0.957. The fraction of sp³-hybridized carbons (Fsp3) is 1.00. The topological polar surface area (TPSA) is 124 Å². The van der Waals surface area contributed by atoms with Gasteiger partial charge in [0.1, 0.15) is 0 Å². The Morgan fingerprint density at radius 2 is 1.30 bits per heavy atom. The summed E-state index contributed by atoms with van der Waals surface area (Å²) >= 11 is 0. The molecule has 4 nitrogen and oxygen atoms in total. The molecule has 0 heterocycles. The van der Waals surface area contributed by atoms with Crippen molar-refractivity contribution in [3.05, 3.63) is 0 Å². The summed E-state index contributed by atoms with van der Waals surface area (Å²) in [7, 11) is 0. The Balaban J connectivity index is -0.0000000450. The normalized spacial score (nSPS) is 15.3. The van der Waals surface area contributed by atoms with E-state index >= 15 is 0 Å². The van der Waals surface area contributed by atoms with Crippen LogP contribution in [0.25, 0.3) is 0 Å². The molecular formula is C5H18N2O2Pt. The van der Waals surface area contributed by atoms with Gasteiger partial charge in [0.2, 0.25) is 0 Å². The Morgan fingerprint density at radius 1 is 1.00 bits per heavy atom. The molecule has 5 heteroatoms. The molecule has 0 radical (unpaired) electrons. The Morgan fingerprint density at radius 3 is 1.40 bits per heavy atom. The first-order valence-corrected chi connectivity index (χ1v) is 2.65. The van der Waals surface area contributed by atoms with Crippen LogP contribution in [0.3, 0.4) is 0 Å². The summed E-state index contributed by atoms with van der Waals surface area (Å²) in [5.74, 6) is 0. The maximum Gasteiger partial charge on any atom is 0.00388 e. The summed E-state index contributed by atoms with van der Waals surface area (Å²) in [6, 6.07) is 0.546. The van der Waals surface area contributed by atoms with Crippen LogP contribution in [0.1, 0.15) is 25.7 Å². The number of hydrogen-bond acceptors (Lipinski definition) is 2. The zero-order chi connectivity index (χ0) is 4.41. The number of hydrogen-bond donors (Lipinski definition) is 2. The van der Waals surface area contributed by atoms with Crippen molar-refractivity contribution >= 4 is 0 Å². The van der Waals surface area contributed by atoms with Crippen molar-refractivity contribution in [3.8, 4) is 0 Å². The summed E-state index contributed by atoms with van der Waals surface area (Å²) in [5.41, 5.74) is 5.53. The van der Waals surface area contributed by atoms with Crippen LogP contribution in [0, 0.1) is 0 Å². The van der Waals surface area contributed by atoms with Gasteiger partial charge in [0.15, 0.2) is 0 Å². The van der Waals surface area contributed by atoms with Gasteiger partial charge in [-0.2, -0.15) is 0 Å². The Kier molecular flexibility index (Phi) is 27.4. The predicted molar refractivity (Wildman–Crippen MR) is 38.7 cm³/mol. The maximum absolute atomic E-state index is 5.53. The number of rotatable bonds is 0. The molecule has 1 aliphatic carbocycles. The van der Waals surface area contributed by atoms with E-state index in [0.29, 0.717) is 6.04 Å². The maximum atomic E-state index is 5.53. The fourth-order valence-corrected chi connectivity index (χ4v) is 0.957. The molecule has 1 saturated carbocycles. The molecule has 0 aromatic heterocycles. The molecule has 0 aromatic rings. The SMILES string of the molecule is N.NC1CCCC1.O.O.[Pt]. The molecule has 0 bridgehead atoms. The molecule has 10 heavy (non-hydrogen) atoms. The van der Waals surface area contributed by atoms with Crippen molar-refractivity contribution in [1.82, 2.24) is 6.15 Å². The first-order chi connectivity index (χ1) is 2.89. The summed E-state index contributed by atoms with van der Waals surface area (Å²) < 4.78 is 0. The molecule has 0 aromatic carbocycles. The van der Waals surface area contributed by atoms with E-state index in [1.54, 1.807) is 0 Å². The van der Waals surface area contributed by atoms with Gasteiger partial charge in [-0.05, 0) is 12.8 Å². The smallest absolute Gasteiger partial charge is 0.00388 e. The Labute approximate surface area is 76.0 Å². The van der Waals surface area contributed by atoms with Crippen molar-refractivity contribution in [2.75, 3.05) is 0 Å². The van der Waals surface area contributed by atoms with Gasteiger partial charge >= 0.3 is 0 Å². The first kappa shape index (κ1) is 22.4. The average molecular weight is 333 g/mol. The molecule has 0 spiro atoms. The van der Waals surface area contributed by atoms with Crippen LogP contribution in [0.2, 0.25) is 0 Å². The van der Waals surface area contributed by atoms with Crippen LogP contribution < -0.4 is 11.9 Å². The van der Waals surface area contributed by atoms with Gasteiger partial charge in [-0.15, -0.1) is 0 Å². The van der Waals surface area contributed by atoms with Crippen molar-refractivity contribution in [2.24, 2.45) is 5.73 Å². The van der Waals surface area contributed by atoms with Crippen molar-refractivity contribution in [3.63, 3.8) is 0 Å². The monoisotopic (exact) mass is 333 g/mol. The molecular weight excluding hydrogens is 315 g/mol. The van der Waals surface area contributed by atoms with E-state index in [2.05, 4.69) is 0 Å². The minimum atomic E-state index is 0. The predicted octanol–water partition coefficient (Wildman–Crippen LogP) is -0.602. The third-order valence-electron chi connectivity index (χ3n) is 1.40. The van der Waals surface area contributed by atoms with E-state index in [9.17, 15) is 0 Å². The third-order valence-corrected chi connectivity index (χ3v) is 1.40. The number of nitrogens with two attached hydrogens (primary N) is 1. The van der Waals surface area contributed by atoms with E-state index in [4.69, 9.17) is 5.73 Å². The van der Waals surface area contributed by atoms with E-state index in [0.717, 1.165) is 0 Å². The molecule has 0 unspecified atom stereocenters. The first-order valence-electron chi connectivity index (χ1n) is 2.65. The minimum Gasteiger partial charge on any atom is -0.412 e. The molecule has 9 N–H and O–H groups in total. The zero-order valence-electron chi connectivity index (χ0n) is 6.01. The average Bonchev–Trinajstić information content (AvgIpc) is 1.86. The third kappa shape index (κ3) is 8.53. The summed E-state index contributed by atoms with van der Waals surface area (Å²) in [4.78, 5) is 0. The van der Waals surface area contributed by atoms with Gasteiger partial charge in [0.25, 0.3) is 0 Å². The molecule has 0 atom stereocenters. The second kappa shape index (κ2) is 12.2. The Hall–Kier alpha value is 0.528. The van der Waals surface area contributed by atoms with Crippen molar-refractivity contribution in [2.45, 2.75) is 31.7 Å². The molecule has 0 amide bonds. The van der Waals surface area contributed by atoms with Crippen LogP contribution in [-0.4, -0.2) is 17.0 Å². The van der Waals surface area contributed by atoms with Crippen molar-refractivity contribution < 1.29 is 32.0 Å². The van der Waals surface area contributed by atoms with Crippen LogP contribution in [0.5, 0.6) is 0 Å². The van der Waals surface area contributed by atoms with Gasteiger partial charge in [-0.25, -0.2) is 0 Å². The molecule has 1 rings (SSSR count). The van der Waals surface area contributed by atoms with Gasteiger partial charge in [-0.3, -0.25) is 0 Å².